The van der Waals surface area contributed by atoms with Gasteiger partial charge in [-0.25, -0.2) is 0 Å². The lowest BCUT2D eigenvalue weighted by atomic mass is 10.2. The lowest BCUT2D eigenvalue weighted by Gasteiger charge is -2.08. The highest BCUT2D eigenvalue weighted by atomic mass is 32.3. The quantitative estimate of drug-likeness (QED) is 0.881. The zero-order valence-corrected chi connectivity index (χ0v) is 11.3. The summed E-state index contributed by atoms with van der Waals surface area (Å²) < 4.78 is 35.1. The Bertz CT molecular complexity index is 742. The van der Waals surface area contributed by atoms with Crippen LogP contribution in [0.4, 0.5) is 9.57 Å². The fourth-order valence-electron chi connectivity index (χ4n) is 1.58. The number of nitrogens with zero attached hydrogens (tertiary/aromatic N) is 1. The molecule has 1 aromatic carbocycles. The topological polar surface area (TPSA) is 76.1 Å². The molecule has 1 N–H and O–H groups in total. The van der Waals surface area contributed by atoms with E-state index in [-0.39, 0.29) is 11.3 Å². The molecule has 5 nitrogen and oxygen atoms in total. The van der Waals surface area contributed by atoms with Crippen molar-refractivity contribution in [1.29, 1.82) is 0 Å². The van der Waals surface area contributed by atoms with Crippen molar-refractivity contribution >= 4 is 21.8 Å². The van der Waals surface area contributed by atoms with Crippen LogP contribution in [0.5, 0.6) is 0 Å². The summed E-state index contributed by atoms with van der Waals surface area (Å²) in [5, 5.41) is 2.35. The van der Waals surface area contributed by atoms with E-state index in [0.29, 0.717) is 0 Å². The Morgan fingerprint density at radius 2 is 1.90 bits per heavy atom. The normalized spacial score (nSPS) is 11.1. The molecule has 104 valence electrons. The van der Waals surface area contributed by atoms with Gasteiger partial charge in [0.1, 0.15) is 4.90 Å². The maximum Gasteiger partial charge on any atom is 0.334 e. The summed E-state index contributed by atoms with van der Waals surface area (Å²) in [7, 11) is -4.90. The molecular formula is C13H11FN2O3S. The Hall–Kier alpha value is -2.28. The summed E-state index contributed by atoms with van der Waals surface area (Å²) in [6.45, 7) is 1.77. The van der Waals surface area contributed by atoms with Gasteiger partial charge >= 0.3 is 10.2 Å². The second-order valence-corrected chi connectivity index (χ2v) is 5.39. The molecule has 0 atom stereocenters. The monoisotopic (exact) mass is 294 g/mol. The van der Waals surface area contributed by atoms with Crippen molar-refractivity contribution in [3.8, 4) is 0 Å². The van der Waals surface area contributed by atoms with Crippen molar-refractivity contribution in [3.05, 3.63) is 53.9 Å². The number of rotatable bonds is 3. The van der Waals surface area contributed by atoms with Crippen molar-refractivity contribution in [1.82, 2.24) is 4.98 Å². The first-order valence-corrected chi connectivity index (χ1v) is 7.04. The molecule has 0 radical (unpaired) electrons. The molecule has 0 saturated carbocycles. The first-order chi connectivity index (χ1) is 9.38. The van der Waals surface area contributed by atoms with Crippen LogP contribution >= 0.6 is 0 Å². The predicted molar refractivity (Wildman–Crippen MR) is 71.7 cm³/mol. The number of aryl methyl sites for hydroxylation is 1. The van der Waals surface area contributed by atoms with Gasteiger partial charge in [-0.05, 0) is 31.2 Å². The fourth-order valence-corrected chi connectivity index (χ4v) is 2.20. The van der Waals surface area contributed by atoms with Crippen LogP contribution in [0.25, 0.3) is 0 Å². The number of halogens is 1. The molecule has 1 aromatic heterocycles. The molecule has 1 heterocycles. The number of benzene rings is 1. The van der Waals surface area contributed by atoms with Crippen LogP contribution in [0.2, 0.25) is 0 Å². The van der Waals surface area contributed by atoms with Crippen LogP contribution in [0, 0.1) is 6.92 Å². The van der Waals surface area contributed by atoms with E-state index >= 15 is 0 Å². The average Bonchev–Trinajstić information content (AvgIpc) is 2.38. The van der Waals surface area contributed by atoms with E-state index in [1.807, 2.05) is 0 Å². The zero-order chi connectivity index (χ0) is 14.8. The van der Waals surface area contributed by atoms with Gasteiger partial charge in [0.15, 0.2) is 0 Å². The summed E-state index contributed by atoms with van der Waals surface area (Å²) in [4.78, 5) is 15.3. The van der Waals surface area contributed by atoms with Crippen molar-refractivity contribution in [2.45, 2.75) is 11.8 Å². The molecule has 1 amide bonds. The zero-order valence-electron chi connectivity index (χ0n) is 10.5. The maximum absolute atomic E-state index is 13.1. The smallest absolute Gasteiger partial charge is 0.321 e. The van der Waals surface area contributed by atoms with E-state index in [2.05, 4.69) is 10.3 Å². The molecule has 0 aliphatic rings. The number of para-hydroxylation sites is 1. The van der Waals surface area contributed by atoms with Gasteiger partial charge in [0.2, 0.25) is 0 Å². The second kappa shape index (κ2) is 5.38. The SMILES string of the molecule is Cc1ccc(C(=O)Nc2ccccc2S(=O)(=O)F)cn1. The van der Waals surface area contributed by atoms with Gasteiger partial charge in [0.05, 0.1) is 11.3 Å². The third-order valence-electron chi connectivity index (χ3n) is 2.57. The number of nitrogens with one attached hydrogen (secondary N) is 1. The molecule has 0 bridgehead atoms. The van der Waals surface area contributed by atoms with Crippen molar-refractivity contribution in [3.63, 3.8) is 0 Å². The standard InChI is InChI=1S/C13H11FN2O3S/c1-9-6-7-10(8-15-9)13(17)16-11-4-2-3-5-12(11)20(14,18)19/h2-8H,1H3,(H,16,17). The first kappa shape index (κ1) is 14.1. The van der Waals surface area contributed by atoms with Gasteiger partial charge in [-0.1, -0.05) is 12.1 Å². The molecule has 0 aliphatic carbocycles. The molecule has 7 heteroatoms. The van der Waals surface area contributed by atoms with E-state index in [9.17, 15) is 17.1 Å². The van der Waals surface area contributed by atoms with Gasteiger partial charge in [-0.15, -0.1) is 3.89 Å². The van der Waals surface area contributed by atoms with Crippen molar-refractivity contribution in [2.24, 2.45) is 0 Å². The Morgan fingerprint density at radius 3 is 2.50 bits per heavy atom. The van der Waals surface area contributed by atoms with Crippen LogP contribution in [-0.2, 0) is 10.2 Å². The number of anilines is 1. The van der Waals surface area contributed by atoms with Gasteiger partial charge in [-0.2, -0.15) is 8.42 Å². The number of hydrogen-bond acceptors (Lipinski definition) is 4. The minimum Gasteiger partial charge on any atom is -0.321 e. The molecule has 2 rings (SSSR count). The van der Waals surface area contributed by atoms with Gasteiger partial charge < -0.3 is 5.32 Å². The molecule has 20 heavy (non-hydrogen) atoms. The number of hydrogen-bond donors (Lipinski definition) is 1. The lowest BCUT2D eigenvalue weighted by molar-refractivity contribution is 0.102. The van der Waals surface area contributed by atoms with Crippen molar-refractivity contribution in [2.75, 3.05) is 5.32 Å². The highest BCUT2D eigenvalue weighted by Crippen LogP contribution is 2.23. The highest BCUT2D eigenvalue weighted by Gasteiger charge is 2.18. The summed E-state index contributed by atoms with van der Waals surface area (Å²) in [5.74, 6) is -0.561. The number of aromatic nitrogens is 1. The maximum atomic E-state index is 13.1. The Morgan fingerprint density at radius 1 is 1.20 bits per heavy atom. The van der Waals surface area contributed by atoms with E-state index < -0.39 is 21.0 Å². The lowest BCUT2D eigenvalue weighted by Crippen LogP contribution is -2.14. The van der Waals surface area contributed by atoms with E-state index in [1.54, 1.807) is 19.1 Å². The van der Waals surface area contributed by atoms with E-state index in [1.165, 1.54) is 24.4 Å². The molecule has 0 aliphatic heterocycles. The van der Waals surface area contributed by atoms with Crippen LogP contribution < -0.4 is 5.32 Å². The summed E-state index contributed by atoms with van der Waals surface area (Å²) in [5.41, 5.74) is 0.885. The molecule has 2 aromatic rings. The molecule has 0 unspecified atom stereocenters. The van der Waals surface area contributed by atoms with Crippen LogP contribution in [0.3, 0.4) is 0 Å². The Kier molecular flexibility index (Phi) is 3.80. The summed E-state index contributed by atoms with van der Waals surface area (Å²) in [6, 6.07) is 8.45. The Balaban J connectivity index is 2.31. The predicted octanol–water partition coefficient (Wildman–Crippen LogP) is 2.30. The molecule has 0 saturated heterocycles. The number of amides is 1. The number of carbonyl (C=O) groups excluding carboxylic acids is 1. The second-order valence-electron chi connectivity index (χ2n) is 4.08. The Labute approximate surface area is 115 Å². The fraction of sp³-hybridized carbons (Fsp3) is 0.0769. The van der Waals surface area contributed by atoms with E-state index in [4.69, 9.17) is 0 Å². The third kappa shape index (κ3) is 3.18. The van der Waals surface area contributed by atoms with Crippen LogP contribution in [0.1, 0.15) is 16.1 Å². The summed E-state index contributed by atoms with van der Waals surface area (Å²) >= 11 is 0. The minimum absolute atomic E-state index is 0.111. The van der Waals surface area contributed by atoms with E-state index in [0.717, 1.165) is 11.8 Å². The first-order valence-electron chi connectivity index (χ1n) is 5.65. The highest BCUT2D eigenvalue weighted by molar-refractivity contribution is 7.86. The van der Waals surface area contributed by atoms with Crippen LogP contribution in [0.15, 0.2) is 47.5 Å². The van der Waals surface area contributed by atoms with Crippen molar-refractivity contribution < 1.29 is 17.1 Å². The van der Waals surface area contributed by atoms with Gasteiger partial charge in [0, 0.05) is 11.9 Å². The molecule has 0 fully saturated rings. The average molecular weight is 294 g/mol. The number of pyridine rings is 1. The molecule has 0 spiro atoms. The minimum atomic E-state index is -4.90. The molecular weight excluding hydrogens is 283 g/mol. The number of carbonyl (C=O) groups is 1. The van der Waals surface area contributed by atoms with Crippen LogP contribution in [-0.4, -0.2) is 19.3 Å². The van der Waals surface area contributed by atoms with Gasteiger partial charge in [-0.3, -0.25) is 9.78 Å². The van der Waals surface area contributed by atoms with Gasteiger partial charge in [0.25, 0.3) is 5.91 Å². The summed E-state index contributed by atoms with van der Waals surface area (Å²) in [6.07, 6.45) is 1.36. The third-order valence-corrected chi connectivity index (χ3v) is 3.45. The largest absolute Gasteiger partial charge is 0.334 e.